The van der Waals surface area contributed by atoms with Crippen molar-refractivity contribution in [1.29, 1.82) is 0 Å². The lowest BCUT2D eigenvalue weighted by Crippen LogP contribution is -1.99. The van der Waals surface area contributed by atoms with E-state index in [9.17, 15) is 4.79 Å². The van der Waals surface area contributed by atoms with E-state index in [-0.39, 0.29) is 5.56 Å². The van der Waals surface area contributed by atoms with Crippen LogP contribution in [-0.2, 0) is 6.61 Å². The molecule has 0 aliphatic heterocycles. The molecular formula is C23H20ClNO3. The van der Waals surface area contributed by atoms with Gasteiger partial charge in [-0.25, -0.2) is 4.79 Å². The van der Waals surface area contributed by atoms with E-state index in [0.29, 0.717) is 17.4 Å². The van der Waals surface area contributed by atoms with Crippen LogP contribution in [0.4, 0.5) is 5.69 Å². The molecule has 4 nitrogen and oxygen atoms in total. The van der Waals surface area contributed by atoms with Crippen LogP contribution >= 0.6 is 11.6 Å². The van der Waals surface area contributed by atoms with Gasteiger partial charge < -0.3 is 9.84 Å². The molecule has 3 rings (SSSR count). The molecule has 0 aliphatic rings. The molecule has 3 aromatic rings. The molecule has 0 atom stereocenters. The molecular weight excluding hydrogens is 374 g/mol. The maximum absolute atomic E-state index is 10.9. The molecule has 0 spiro atoms. The molecule has 0 fully saturated rings. The minimum absolute atomic E-state index is 0.245. The Morgan fingerprint density at radius 3 is 2.50 bits per heavy atom. The minimum Gasteiger partial charge on any atom is -0.487 e. The minimum atomic E-state index is -0.950. The summed E-state index contributed by atoms with van der Waals surface area (Å²) in [5, 5.41) is 9.42. The van der Waals surface area contributed by atoms with Crippen LogP contribution in [0.1, 0.15) is 32.6 Å². The van der Waals surface area contributed by atoms with E-state index in [0.717, 1.165) is 27.9 Å². The van der Waals surface area contributed by atoms with Crippen LogP contribution < -0.4 is 4.74 Å². The molecule has 1 N–H and O–H groups in total. The summed E-state index contributed by atoms with van der Waals surface area (Å²) in [6.45, 7) is 4.37. The Morgan fingerprint density at radius 2 is 1.82 bits per heavy atom. The number of halogens is 1. The Morgan fingerprint density at radius 1 is 1.07 bits per heavy atom. The number of carboxylic acids is 1. The summed E-state index contributed by atoms with van der Waals surface area (Å²) in [4.78, 5) is 15.4. The van der Waals surface area contributed by atoms with Gasteiger partial charge in [0.05, 0.1) is 16.3 Å². The van der Waals surface area contributed by atoms with Crippen LogP contribution in [0, 0.1) is 13.8 Å². The molecule has 28 heavy (non-hydrogen) atoms. The second-order valence-corrected chi connectivity index (χ2v) is 6.94. The number of aryl methyl sites for hydroxylation is 2. The van der Waals surface area contributed by atoms with Crippen LogP contribution in [0.2, 0.25) is 5.02 Å². The quantitative estimate of drug-likeness (QED) is 0.523. The van der Waals surface area contributed by atoms with Crippen LogP contribution in [0.15, 0.2) is 65.7 Å². The van der Waals surface area contributed by atoms with E-state index in [1.807, 2.05) is 26.0 Å². The number of carboxylic acid groups (broad SMARTS) is 1. The number of rotatable bonds is 6. The average Bonchev–Trinajstić information content (AvgIpc) is 2.68. The summed E-state index contributed by atoms with van der Waals surface area (Å²) in [6.07, 6.45) is 1.78. The molecule has 0 aromatic heterocycles. The highest BCUT2D eigenvalue weighted by atomic mass is 35.5. The molecule has 0 unspecified atom stereocenters. The maximum atomic E-state index is 10.9. The first-order chi connectivity index (χ1) is 13.4. The van der Waals surface area contributed by atoms with Gasteiger partial charge in [0.2, 0.25) is 0 Å². The van der Waals surface area contributed by atoms with Gasteiger partial charge >= 0.3 is 5.97 Å². The fourth-order valence-electron chi connectivity index (χ4n) is 2.62. The number of nitrogens with zero attached hydrogens (tertiary/aromatic N) is 1. The third-order valence-electron chi connectivity index (χ3n) is 4.27. The lowest BCUT2D eigenvalue weighted by molar-refractivity contribution is 0.0697. The Kier molecular flexibility index (Phi) is 6.12. The number of hydrogen-bond acceptors (Lipinski definition) is 3. The second-order valence-electron chi connectivity index (χ2n) is 6.53. The van der Waals surface area contributed by atoms with Crippen LogP contribution in [0.5, 0.6) is 5.75 Å². The number of aliphatic imine (C=N–C) groups is 1. The van der Waals surface area contributed by atoms with Crippen LogP contribution in [-0.4, -0.2) is 17.3 Å². The van der Waals surface area contributed by atoms with Gasteiger partial charge in [-0.1, -0.05) is 35.9 Å². The fraction of sp³-hybridized carbons (Fsp3) is 0.130. The number of carbonyl (C=O) groups is 1. The summed E-state index contributed by atoms with van der Waals surface area (Å²) in [5.41, 5.74) is 5.19. The maximum Gasteiger partial charge on any atom is 0.335 e. The Hall–Kier alpha value is -3.11. The Labute approximate surface area is 169 Å². The zero-order valence-electron chi connectivity index (χ0n) is 15.6. The molecule has 0 saturated carbocycles. The second kappa shape index (κ2) is 8.72. The number of aromatic carboxylic acids is 1. The molecule has 0 radical (unpaired) electrons. The van der Waals surface area contributed by atoms with Crippen molar-refractivity contribution in [2.75, 3.05) is 0 Å². The van der Waals surface area contributed by atoms with E-state index in [4.69, 9.17) is 21.4 Å². The van der Waals surface area contributed by atoms with Crippen molar-refractivity contribution in [3.05, 3.63) is 93.5 Å². The van der Waals surface area contributed by atoms with Crippen molar-refractivity contribution >= 4 is 29.5 Å². The Bertz CT molecular complexity index is 1030. The predicted octanol–water partition coefficient (Wildman–Crippen LogP) is 5.98. The fourth-order valence-corrected chi connectivity index (χ4v) is 2.87. The molecule has 3 aromatic carbocycles. The summed E-state index contributed by atoms with van der Waals surface area (Å²) in [5.74, 6) is -0.388. The summed E-state index contributed by atoms with van der Waals surface area (Å²) in [7, 11) is 0. The molecule has 0 bridgehead atoms. The van der Waals surface area contributed by atoms with Crippen molar-refractivity contribution < 1.29 is 14.6 Å². The van der Waals surface area contributed by atoms with Crippen molar-refractivity contribution in [2.24, 2.45) is 4.99 Å². The van der Waals surface area contributed by atoms with E-state index in [1.54, 1.807) is 42.6 Å². The van der Waals surface area contributed by atoms with Gasteiger partial charge in [0.25, 0.3) is 0 Å². The number of ether oxygens (including phenoxy) is 1. The standard InChI is InChI=1S/C23H20ClNO3/c1-15-3-4-16(2)21(11-15)25-13-18-7-10-22(20(24)12-18)28-14-17-5-8-19(9-6-17)23(26)27/h3-13H,14H2,1-2H3,(H,26,27). The highest BCUT2D eigenvalue weighted by molar-refractivity contribution is 6.32. The first-order valence-electron chi connectivity index (χ1n) is 8.78. The topological polar surface area (TPSA) is 58.9 Å². The molecule has 0 heterocycles. The average molecular weight is 394 g/mol. The smallest absolute Gasteiger partial charge is 0.335 e. The van der Waals surface area contributed by atoms with Crippen molar-refractivity contribution in [3.63, 3.8) is 0 Å². The first-order valence-corrected chi connectivity index (χ1v) is 9.16. The van der Waals surface area contributed by atoms with Gasteiger partial charge in [-0.15, -0.1) is 0 Å². The summed E-state index contributed by atoms with van der Waals surface area (Å²) < 4.78 is 5.75. The van der Waals surface area contributed by atoms with Gasteiger partial charge in [-0.05, 0) is 72.5 Å². The van der Waals surface area contributed by atoms with Gasteiger partial charge in [0.1, 0.15) is 12.4 Å². The SMILES string of the molecule is Cc1ccc(C)c(N=Cc2ccc(OCc3ccc(C(=O)O)cc3)c(Cl)c2)c1. The zero-order valence-corrected chi connectivity index (χ0v) is 16.4. The van der Waals surface area contributed by atoms with Crippen LogP contribution in [0.3, 0.4) is 0 Å². The lowest BCUT2D eigenvalue weighted by Gasteiger charge is -2.09. The van der Waals surface area contributed by atoms with Gasteiger partial charge in [0.15, 0.2) is 0 Å². The third-order valence-corrected chi connectivity index (χ3v) is 4.56. The highest BCUT2D eigenvalue weighted by Crippen LogP contribution is 2.26. The predicted molar refractivity (Wildman–Crippen MR) is 112 cm³/mol. The zero-order chi connectivity index (χ0) is 20.1. The summed E-state index contributed by atoms with van der Waals surface area (Å²) in [6, 6.07) is 18.2. The largest absolute Gasteiger partial charge is 0.487 e. The molecule has 0 aliphatic carbocycles. The van der Waals surface area contributed by atoms with E-state index < -0.39 is 5.97 Å². The molecule has 142 valence electrons. The van der Waals surface area contributed by atoms with E-state index in [1.165, 1.54) is 0 Å². The van der Waals surface area contributed by atoms with Crippen molar-refractivity contribution in [1.82, 2.24) is 0 Å². The summed E-state index contributed by atoms with van der Waals surface area (Å²) >= 11 is 6.34. The first kappa shape index (κ1) is 19.6. The van der Waals surface area contributed by atoms with Crippen molar-refractivity contribution in [2.45, 2.75) is 20.5 Å². The van der Waals surface area contributed by atoms with Crippen molar-refractivity contribution in [3.8, 4) is 5.75 Å². The molecule has 0 saturated heterocycles. The van der Waals surface area contributed by atoms with E-state index >= 15 is 0 Å². The van der Waals surface area contributed by atoms with Gasteiger partial charge in [-0.2, -0.15) is 0 Å². The molecule has 0 amide bonds. The molecule has 5 heteroatoms. The van der Waals surface area contributed by atoms with Gasteiger partial charge in [0, 0.05) is 6.21 Å². The van der Waals surface area contributed by atoms with Crippen LogP contribution in [0.25, 0.3) is 0 Å². The third kappa shape index (κ3) is 4.99. The number of benzene rings is 3. The number of hydrogen-bond donors (Lipinski definition) is 1. The van der Waals surface area contributed by atoms with Gasteiger partial charge in [-0.3, -0.25) is 4.99 Å². The monoisotopic (exact) mass is 393 g/mol. The normalized spacial score (nSPS) is 11.0. The lowest BCUT2D eigenvalue weighted by atomic mass is 10.1. The highest BCUT2D eigenvalue weighted by Gasteiger charge is 2.05. The van der Waals surface area contributed by atoms with E-state index in [2.05, 4.69) is 17.1 Å². The Balaban J connectivity index is 1.67.